The quantitative estimate of drug-likeness (QED) is 0.825. The van der Waals surface area contributed by atoms with Gasteiger partial charge in [-0.25, -0.2) is 9.38 Å². The van der Waals surface area contributed by atoms with Crippen LogP contribution >= 0.6 is 0 Å². The molecule has 0 saturated carbocycles. The number of benzene rings is 1. The Morgan fingerprint density at radius 2 is 2.06 bits per heavy atom. The van der Waals surface area contributed by atoms with E-state index in [1.165, 1.54) is 12.1 Å². The number of halogens is 1. The lowest BCUT2D eigenvalue weighted by atomic mass is 10.0. The van der Waals surface area contributed by atoms with Crippen LogP contribution in [0.15, 0.2) is 34.3 Å². The number of hydrogen-bond donors (Lipinski definition) is 1. The van der Waals surface area contributed by atoms with Crippen LogP contribution in [0.25, 0.3) is 0 Å². The predicted octanol–water partition coefficient (Wildman–Crippen LogP) is 1.64. The maximum Gasteiger partial charge on any atom is 0.154 e. The van der Waals surface area contributed by atoms with Gasteiger partial charge in [0.2, 0.25) is 0 Å². The summed E-state index contributed by atoms with van der Waals surface area (Å²) in [5.41, 5.74) is 2.06. The molecule has 0 bridgehead atoms. The minimum Gasteiger partial charge on any atom is -0.316 e. The fourth-order valence-electron chi connectivity index (χ4n) is 2.28. The topological polar surface area (TPSA) is 36.8 Å². The van der Waals surface area contributed by atoms with Crippen LogP contribution in [-0.2, 0) is 0 Å². The predicted molar refractivity (Wildman–Crippen MR) is 66.2 cm³/mol. The second-order valence-corrected chi connectivity index (χ2v) is 4.44. The molecule has 0 radical (unpaired) electrons. The van der Waals surface area contributed by atoms with E-state index < -0.39 is 0 Å². The van der Waals surface area contributed by atoms with Crippen LogP contribution in [0.3, 0.4) is 0 Å². The van der Waals surface area contributed by atoms with Gasteiger partial charge in [0.05, 0.1) is 6.54 Å². The average molecular weight is 231 g/mol. The van der Waals surface area contributed by atoms with E-state index in [4.69, 9.17) is 0 Å². The Hall–Kier alpha value is -1.55. The highest BCUT2D eigenvalue weighted by molar-refractivity contribution is 6.12. The zero-order chi connectivity index (χ0) is 11.7. The first-order valence-corrected chi connectivity index (χ1v) is 5.91. The van der Waals surface area contributed by atoms with Gasteiger partial charge in [-0.05, 0) is 37.2 Å². The van der Waals surface area contributed by atoms with Crippen LogP contribution < -0.4 is 5.32 Å². The van der Waals surface area contributed by atoms with Crippen LogP contribution in [0.2, 0.25) is 0 Å². The van der Waals surface area contributed by atoms with Gasteiger partial charge < -0.3 is 5.32 Å². The molecule has 1 aromatic rings. The average Bonchev–Trinajstić information content (AvgIpc) is 3.00. The molecule has 3 rings (SSSR count). The SMILES string of the molecule is Fc1ccc(C2=NCC(C3CCNC3)=N2)cc1. The van der Waals surface area contributed by atoms with Crippen molar-refractivity contribution in [1.82, 2.24) is 5.32 Å². The number of nitrogens with one attached hydrogen (secondary N) is 1. The van der Waals surface area contributed by atoms with E-state index in [0.29, 0.717) is 12.5 Å². The third-order valence-corrected chi connectivity index (χ3v) is 3.27. The van der Waals surface area contributed by atoms with Crippen LogP contribution in [-0.4, -0.2) is 31.2 Å². The highest BCUT2D eigenvalue weighted by Crippen LogP contribution is 2.16. The van der Waals surface area contributed by atoms with Crippen LogP contribution in [0, 0.1) is 11.7 Å². The number of nitrogens with zero attached hydrogens (tertiary/aromatic N) is 2. The van der Waals surface area contributed by atoms with Gasteiger partial charge in [-0.1, -0.05) is 0 Å². The molecule has 1 aromatic carbocycles. The Balaban J connectivity index is 1.79. The molecular weight excluding hydrogens is 217 g/mol. The molecule has 0 aromatic heterocycles. The van der Waals surface area contributed by atoms with Crippen molar-refractivity contribution in [3.8, 4) is 0 Å². The highest BCUT2D eigenvalue weighted by atomic mass is 19.1. The summed E-state index contributed by atoms with van der Waals surface area (Å²) in [6.07, 6.45) is 1.14. The molecule has 2 aliphatic rings. The third kappa shape index (κ3) is 2.13. The molecular formula is C13H14FN3. The Kier molecular flexibility index (Phi) is 2.73. The first kappa shape index (κ1) is 10.6. The van der Waals surface area contributed by atoms with E-state index in [2.05, 4.69) is 15.3 Å². The van der Waals surface area contributed by atoms with Crippen molar-refractivity contribution in [2.24, 2.45) is 15.9 Å². The Labute approximate surface area is 99.5 Å². The van der Waals surface area contributed by atoms with Crippen molar-refractivity contribution in [3.63, 3.8) is 0 Å². The van der Waals surface area contributed by atoms with Crippen molar-refractivity contribution in [3.05, 3.63) is 35.6 Å². The maximum atomic E-state index is 12.8. The number of rotatable bonds is 2. The molecule has 0 amide bonds. The molecule has 2 heterocycles. The van der Waals surface area contributed by atoms with Gasteiger partial charge in [0, 0.05) is 23.7 Å². The van der Waals surface area contributed by atoms with Gasteiger partial charge in [-0.2, -0.15) is 0 Å². The smallest absolute Gasteiger partial charge is 0.154 e. The molecule has 2 aliphatic heterocycles. The van der Waals surface area contributed by atoms with Crippen LogP contribution in [0.5, 0.6) is 0 Å². The zero-order valence-corrected chi connectivity index (χ0v) is 9.49. The zero-order valence-electron chi connectivity index (χ0n) is 9.49. The normalized spacial score (nSPS) is 23.7. The lowest BCUT2D eigenvalue weighted by molar-refractivity contribution is 0.628. The second-order valence-electron chi connectivity index (χ2n) is 4.44. The van der Waals surface area contributed by atoms with Crippen molar-refractivity contribution >= 4 is 11.5 Å². The molecule has 3 nitrogen and oxygen atoms in total. The van der Waals surface area contributed by atoms with E-state index >= 15 is 0 Å². The molecule has 1 saturated heterocycles. The summed E-state index contributed by atoms with van der Waals surface area (Å²) in [6.45, 7) is 2.76. The van der Waals surface area contributed by atoms with Gasteiger partial charge >= 0.3 is 0 Å². The number of aliphatic imine (C=N–C) groups is 2. The molecule has 1 N–H and O–H groups in total. The summed E-state index contributed by atoms with van der Waals surface area (Å²) < 4.78 is 12.8. The van der Waals surface area contributed by atoms with Crippen LogP contribution in [0.1, 0.15) is 12.0 Å². The van der Waals surface area contributed by atoms with Crippen molar-refractivity contribution in [1.29, 1.82) is 0 Å². The minimum absolute atomic E-state index is 0.225. The Bertz CT molecular complexity index is 470. The van der Waals surface area contributed by atoms with Crippen molar-refractivity contribution in [2.75, 3.05) is 19.6 Å². The third-order valence-electron chi connectivity index (χ3n) is 3.27. The van der Waals surface area contributed by atoms with Gasteiger partial charge in [-0.3, -0.25) is 4.99 Å². The van der Waals surface area contributed by atoms with Gasteiger partial charge in [0.25, 0.3) is 0 Å². The summed E-state index contributed by atoms with van der Waals surface area (Å²) in [7, 11) is 0. The summed E-state index contributed by atoms with van der Waals surface area (Å²) in [5.74, 6) is 1.04. The van der Waals surface area contributed by atoms with E-state index in [0.717, 1.165) is 36.6 Å². The highest BCUT2D eigenvalue weighted by Gasteiger charge is 2.23. The van der Waals surface area contributed by atoms with Gasteiger partial charge in [0.1, 0.15) is 5.82 Å². The van der Waals surface area contributed by atoms with E-state index in [1.807, 2.05) is 0 Å². The Morgan fingerprint density at radius 1 is 1.24 bits per heavy atom. The molecule has 17 heavy (non-hydrogen) atoms. The first-order valence-electron chi connectivity index (χ1n) is 5.91. The number of hydrogen-bond acceptors (Lipinski definition) is 3. The van der Waals surface area contributed by atoms with Gasteiger partial charge in [0.15, 0.2) is 5.84 Å². The monoisotopic (exact) mass is 231 g/mol. The first-order chi connectivity index (χ1) is 8.33. The standard InChI is InChI=1S/C13H14FN3/c14-11-3-1-9(2-4-11)13-16-8-12(17-13)10-5-6-15-7-10/h1-4,10,15H,5-8H2. The van der Waals surface area contributed by atoms with Crippen LogP contribution in [0.4, 0.5) is 4.39 Å². The lowest BCUT2D eigenvalue weighted by Gasteiger charge is -2.05. The molecule has 0 aliphatic carbocycles. The largest absolute Gasteiger partial charge is 0.316 e. The van der Waals surface area contributed by atoms with E-state index in [9.17, 15) is 4.39 Å². The fraction of sp³-hybridized carbons (Fsp3) is 0.385. The summed E-state index contributed by atoms with van der Waals surface area (Å²) in [5, 5.41) is 3.33. The second kappa shape index (κ2) is 4.37. The summed E-state index contributed by atoms with van der Waals surface area (Å²) in [4.78, 5) is 9.00. The van der Waals surface area contributed by atoms with Crippen molar-refractivity contribution in [2.45, 2.75) is 6.42 Å². The summed E-state index contributed by atoms with van der Waals surface area (Å²) >= 11 is 0. The molecule has 0 spiro atoms. The lowest BCUT2D eigenvalue weighted by Crippen LogP contribution is -2.18. The maximum absolute atomic E-state index is 12.8. The molecule has 1 unspecified atom stereocenters. The van der Waals surface area contributed by atoms with E-state index in [-0.39, 0.29) is 5.82 Å². The molecule has 1 fully saturated rings. The van der Waals surface area contributed by atoms with Crippen molar-refractivity contribution < 1.29 is 4.39 Å². The number of amidine groups is 1. The molecule has 88 valence electrons. The molecule has 4 heteroatoms. The van der Waals surface area contributed by atoms with E-state index in [1.54, 1.807) is 12.1 Å². The minimum atomic E-state index is -0.225. The Morgan fingerprint density at radius 3 is 2.76 bits per heavy atom. The molecule has 1 atom stereocenters. The summed E-state index contributed by atoms with van der Waals surface area (Å²) in [6, 6.07) is 6.35. The van der Waals surface area contributed by atoms with Gasteiger partial charge in [-0.15, -0.1) is 0 Å². The fourth-order valence-corrected chi connectivity index (χ4v) is 2.28.